The summed E-state index contributed by atoms with van der Waals surface area (Å²) < 4.78 is 7.66. The summed E-state index contributed by atoms with van der Waals surface area (Å²) in [5, 5.41) is 1.09. The van der Waals surface area contributed by atoms with Crippen LogP contribution in [0.1, 0.15) is 22.3 Å². The molecule has 1 unspecified atom stereocenters. The van der Waals surface area contributed by atoms with Gasteiger partial charge in [-0.15, -0.1) is 0 Å². The summed E-state index contributed by atoms with van der Waals surface area (Å²) in [6.45, 7) is 2.06. The smallest absolute Gasteiger partial charge is 0.325 e. The Morgan fingerprint density at radius 3 is 2.43 bits per heavy atom. The number of carbonyl (C=O) groups is 1. The molecule has 1 aliphatic carbocycles. The van der Waals surface area contributed by atoms with Crippen LogP contribution in [0.3, 0.4) is 0 Å². The van der Waals surface area contributed by atoms with E-state index in [1.54, 1.807) is 0 Å². The van der Waals surface area contributed by atoms with Gasteiger partial charge in [0.1, 0.15) is 5.41 Å². The standard InChI is InChI=1S/C25H21NO2/c1-16-13-14-18-20(15-16)25(24(27)28-3,17-9-5-4-6-10-17)22-19-11-7-8-12-21(19)26(2)23(18)22/h4-15H,1-3H3. The summed E-state index contributed by atoms with van der Waals surface area (Å²) in [5.41, 5.74) is 6.39. The molecule has 0 fully saturated rings. The predicted molar refractivity (Wildman–Crippen MR) is 111 cm³/mol. The van der Waals surface area contributed by atoms with Crippen molar-refractivity contribution in [3.05, 3.63) is 95.1 Å². The molecule has 0 saturated carbocycles. The summed E-state index contributed by atoms with van der Waals surface area (Å²) in [7, 11) is 3.55. The molecule has 0 amide bonds. The SMILES string of the molecule is COC(=O)C1(c2ccccc2)c2cc(C)ccc2-c2c1c1ccccc1n2C. The number of hydrogen-bond donors (Lipinski definition) is 0. The maximum Gasteiger partial charge on any atom is 0.325 e. The lowest BCUT2D eigenvalue weighted by Gasteiger charge is -2.29. The lowest BCUT2D eigenvalue weighted by molar-refractivity contribution is -0.144. The summed E-state index contributed by atoms with van der Waals surface area (Å²) >= 11 is 0. The maximum absolute atomic E-state index is 13.6. The lowest BCUT2D eigenvalue weighted by Crippen LogP contribution is -2.37. The Morgan fingerprint density at radius 2 is 1.68 bits per heavy atom. The molecular weight excluding hydrogens is 346 g/mol. The summed E-state index contributed by atoms with van der Waals surface area (Å²) in [4.78, 5) is 13.6. The van der Waals surface area contributed by atoms with Crippen LogP contribution in [0, 0.1) is 6.92 Å². The molecule has 0 saturated heterocycles. The molecule has 0 bridgehead atoms. The normalized spacial score (nSPS) is 17.4. The van der Waals surface area contributed by atoms with Crippen molar-refractivity contribution in [3.63, 3.8) is 0 Å². The van der Waals surface area contributed by atoms with Crippen LogP contribution >= 0.6 is 0 Å². The minimum Gasteiger partial charge on any atom is -0.468 e. The van der Waals surface area contributed by atoms with E-state index in [4.69, 9.17) is 4.74 Å². The average molecular weight is 367 g/mol. The van der Waals surface area contributed by atoms with Crippen LogP contribution in [-0.2, 0) is 22.0 Å². The highest BCUT2D eigenvalue weighted by atomic mass is 16.5. The third-order valence-electron chi connectivity index (χ3n) is 6.01. The van der Waals surface area contributed by atoms with E-state index < -0.39 is 5.41 Å². The van der Waals surface area contributed by atoms with Crippen LogP contribution in [0.4, 0.5) is 0 Å². The Kier molecular flexibility index (Phi) is 3.50. The van der Waals surface area contributed by atoms with Gasteiger partial charge in [-0.25, -0.2) is 0 Å². The number of carbonyl (C=O) groups excluding carboxylic acids is 1. The summed E-state index contributed by atoms with van der Waals surface area (Å²) in [6.07, 6.45) is 0. The zero-order valence-electron chi connectivity index (χ0n) is 16.2. The molecule has 28 heavy (non-hydrogen) atoms. The molecule has 3 nitrogen and oxygen atoms in total. The molecule has 5 rings (SSSR count). The molecule has 138 valence electrons. The third-order valence-corrected chi connectivity index (χ3v) is 6.01. The van der Waals surface area contributed by atoms with Gasteiger partial charge >= 0.3 is 5.97 Å². The van der Waals surface area contributed by atoms with E-state index in [1.807, 2.05) is 42.5 Å². The van der Waals surface area contributed by atoms with E-state index in [2.05, 4.69) is 48.9 Å². The molecule has 0 radical (unpaired) electrons. The van der Waals surface area contributed by atoms with Gasteiger partial charge in [-0.2, -0.15) is 0 Å². The molecule has 3 heteroatoms. The number of nitrogens with zero attached hydrogens (tertiary/aromatic N) is 1. The topological polar surface area (TPSA) is 31.2 Å². The fourth-order valence-corrected chi connectivity index (χ4v) is 4.87. The monoisotopic (exact) mass is 367 g/mol. The largest absolute Gasteiger partial charge is 0.468 e. The van der Waals surface area contributed by atoms with Crippen molar-refractivity contribution in [2.75, 3.05) is 7.11 Å². The van der Waals surface area contributed by atoms with Gasteiger partial charge in [0.05, 0.1) is 12.8 Å². The number of ether oxygens (including phenoxy) is 1. The van der Waals surface area contributed by atoms with Gasteiger partial charge in [-0.1, -0.05) is 72.3 Å². The molecule has 1 atom stereocenters. The number of fused-ring (bicyclic) bond motifs is 5. The first kappa shape index (κ1) is 16.8. The van der Waals surface area contributed by atoms with Crippen molar-refractivity contribution < 1.29 is 9.53 Å². The number of aromatic nitrogens is 1. The van der Waals surface area contributed by atoms with E-state index in [0.29, 0.717) is 0 Å². The predicted octanol–water partition coefficient (Wildman–Crippen LogP) is 4.97. The van der Waals surface area contributed by atoms with Crippen LogP contribution in [-0.4, -0.2) is 17.6 Å². The Hall–Kier alpha value is -3.33. The van der Waals surface area contributed by atoms with Crippen LogP contribution in [0.15, 0.2) is 72.8 Å². The third kappa shape index (κ3) is 1.91. The maximum atomic E-state index is 13.6. The van der Waals surface area contributed by atoms with Crippen LogP contribution < -0.4 is 0 Å². The van der Waals surface area contributed by atoms with Gasteiger partial charge in [0.25, 0.3) is 0 Å². The second kappa shape index (κ2) is 5.83. The number of methoxy groups -OCH3 is 1. The second-order valence-corrected chi connectivity index (χ2v) is 7.46. The lowest BCUT2D eigenvalue weighted by atomic mass is 9.71. The Morgan fingerprint density at radius 1 is 0.964 bits per heavy atom. The highest BCUT2D eigenvalue weighted by Crippen LogP contribution is 2.56. The highest BCUT2D eigenvalue weighted by Gasteiger charge is 2.54. The molecule has 0 N–H and O–H groups in total. The molecule has 3 aromatic carbocycles. The number of aryl methyl sites for hydroxylation is 2. The summed E-state index contributed by atoms with van der Waals surface area (Å²) in [5.74, 6) is -0.249. The average Bonchev–Trinajstić information content (AvgIpc) is 3.19. The molecule has 1 aliphatic rings. The highest BCUT2D eigenvalue weighted by molar-refractivity contribution is 6.08. The molecule has 4 aromatic rings. The quantitative estimate of drug-likeness (QED) is 0.468. The van der Waals surface area contributed by atoms with Crippen LogP contribution in [0.2, 0.25) is 0 Å². The van der Waals surface area contributed by atoms with Crippen molar-refractivity contribution in [1.82, 2.24) is 4.57 Å². The first-order chi connectivity index (χ1) is 13.6. The first-order valence-electron chi connectivity index (χ1n) is 9.44. The molecular formula is C25H21NO2. The molecule has 1 heterocycles. The first-order valence-corrected chi connectivity index (χ1v) is 9.44. The van der Waals surface area contributed by atoms with E-state index in [0.717, 1.165) is 44.4 Å². The van der Waals surface area contributed by atoms with Gasteiger partial charge in [0.2, 0.25) is 0 Å². The van der Waals surface area contributed by atoms with Crippen molar-refractivity contribution in [3.8, 4) is 11.3 Å². The minimum atomic E-state index is -0.979. The van der Waals surface area contributed by atoms with Gasteiger partial charge in [0, 0.05) is 29.1 Å². The van der Waals surface area contributed by atoms with Crippen LogP contribution in [0.25, 0.3) is 22.2 Å². The van der Waals surface area contributed by atoms with E-state index in [1.165, 1.54) is 7.11 Å². The van der Waals surface area contributed by atoms with Crippen LogP contribution in [0.5, 0.6) is 0 Å². The van der Waals surface area contributed by atoms with Gasteiger partial charge in [-0.3, -0.25) is 4.79 Å². The Balaban J connectivity index is 2.05. The molecule has 1 aromatic heterocycles. The molecule has 0 aliphatic heterocycles. The Bertz CT molecular complexity index is 1240. The van der Waals surface area contributed by atoms with Crippen molar-refractivity contribution in [2.45, 2.75) is 12.3 Å². The van der Waals surface area contributed by atoms with Gasteiger partial charge in [0.15, 0.2) is 0 Å². The number of hydrogen-bond acceptors (Lipinski definition) is 2. The Labute approximate surface area is 164 Å². The number of para-hydroxylation sites is 1. The zero-order chi connectivity index (χ0) is 19.5. The minimum absolute atomic E-state index is 0.249. The van der Waals surface area contributed by atoms with E-state index in [-0.39, 0.29) is 5.97 Å². The second-order valence-electron chi connectivity index (χ2n) is 7.46. The van der Waals surface area contributed by atoms with E-state index >= 15 is 0 Å². The van der Waals surface area contributed by atoms with Gasteiger partial charge in [-0.05, 0) is 24.1 Å². The van der Waals surface area contributed by atoms with E-state index in [9.17, 15) is 4.79 Å². The van der Waals surface area contributed by atoms with Gasteiger partial charge < -0.3 is 9.30 Å². The summed E-state index contributed by atoms with van der Waals surface area (Å²) in [6, 6.07) is 24.7. The number of esters is 1. The number of rotatable bonds is 2. The zero-order valence-corrected chi connectivity index (χ0v) is 16.2. The van der Waals surface area contributed by atoms with Crippen molar-refractivity contribution >= 4 is 16.9 Å². The van der Waals surface area contributed by atoms with Crippen molar-refractivity contribution in [2.24, 2.45) is 7.05 Å². The fraction of sp³-hybridized carbons (Fsp3) is 0.160. The fourth-order valence-electron chi connectivity index (χ4n) is 4.87. The number of benzene rings is 3. The van der Waals surface area contributed by atoms with Crippen molar-refractivity contribution in [1.29, 1.82) is 0 Å². The molecule has 0 spiro atoms.